The van der Waals surface area contributed by atoms with Crippen LogP contribution in [0.5, 0.6) is 0 Å². The lowest BCUT2D eigenvalue weighted by atomic mass is 10.2. The fraction of sp³-hybridized carbons (Fsp3) is 0.462. The van der Waals surface area contributed by atoms with Gasteiger partial charge in [-0.2, -0.15) is 0 Å². The lowest BCUT2D eigenvalue weighted by Crippen LogP contribution is -2.01. The Morgan fingerprint density at radius 3 is 2.60 bits per heavy atom. The van der Waals surface area contributed by atoms with E-state index in [2.05, 4.69) is 6.58 Å². The molecule has 0 fully saturated rings. The summed E-state index contributed by atoms with van der Waals surface area (Å²) in [6.07, 6.45) is 7.83. The molecule has 0 aromatic rings. The van der Waals surface area contributed by atoms with Crippen LogP contribution >= 0.6 is 0 Å². The van der Waals surface area contributed by atoms with E-state index in [-0.39, 0.29) is 5.97 Å². The summed E-state index contributed by atoms with van der Waals surface area (Å²) >= 11 is 0. The van der Waals surface area contributed by atoms with Gasteiger partial charge in [0.2, 0.25) is 0 Å². The monoisotopic (exact) mass is 208 g/mol. The van der Waals surface area contributed by atoms with E-state index in [1.54, 1.807) is 13.0 Å². The van der Waals surface area contributed by atoms with Gasteiger partial charge in [0.15, 0.2) is 0 Å². The van der Waals surface area contributed by atoms with Crippen LogP contribution in [0.15, 0.2) is 36.1 Å². The van der Waals surface area contributed by atoms with Crippen LogP contribution in [0.2, 0.25) is 0 Å². The molecule has 0 aliphatic heterocycles. The molecule has 0 rings (SSSR count). The van der Waals surface area contributed by atoms with Crippen molar-refractivity contribution in [3.8, 4) is 0 Å². The summed E-state index contributed by atoms with van der Waals surface area (Å²) in [5, 5.41) is 0. The van der Waals surface area contributed by atoms with E-state index in [0.717, 1.165) is 18.4 Å². The lowest BCUT2D eigenvalue weighted by Gasteiger charge is -2.02. The molecule has 0 saturated carbocycles. The minimum atomic E-state index is -0.158. The maximum absolute atomic E-state index is 11.2. The second-order valence-electron chi connectivity index (χ2n) is 3.56. The average Bonchev–Trinajstić information content (AvgIpc) is 2.14. The molecule has 0 amide bonds. The highest BCUT2D eigenvalue weighted by molar-refractivity contribution is 5.70. The van der Waals surface area contributed by atoms with E-state index >= 15 is 0 Å². The van der Waals surface area contributed by atoms with E-state index in [1.807, 2.05) is 26.0 Å². The summed E-state index contributed by atoms with van der Waals surface area (Å²) in [6, 6.07) is 0. The molecule has 0 unspecified atom stereocenters. The van der Waals surface area contributed by atoms with E-state index in [0.29, 0.717) is 12.2 Å². The Balaban J connectivity index is 3.95. The summed E-state index contributed by atoms with van der Waals surface area (Å²) in [6.45, 7) is 9.46. The molecule has 0 saturated heterocycles. The normalized spacial score (nSPS) is 11.8. The van der Waals surface area contributed by atoms with Crippen LogP contribution in [0.3, 0.4) is 0 Å². The van der Waals surface area contributed by atoms with Crippen molar-refractivity contribution in [1.29, 1.82) is 0 Å². The summed E-state index contributed by atoms with van der Waals surface area (Å²) in [7, 11) is 0. The third-order valence-corrected chi connectivity index (χ3v) is 1.72. The average molecular weight is 208 g/mol. The van der Waals surface area contributed by atoms with Crippen LogP contribution in [-0.4, -0.2) is 5.97 Å². The van der Waals surface area contributed by atoms with Gasteiger partial charge in [-0.15, -0.1) is 0 Å². The molecule has 2 nitrogen and oxygen atoms in total. The van der Waals surface area contributed by atoms with Gasteiger partial charge in [0.05, 0.1) is 0 Å². The standard InChI is InChI=1S/C13H20O2/c1-5-6-10-13(14)15-12(4)9-7-8-11(2)3/h7-9H,2,5-6,10H2,1,3-4H3. The molecule has 2 heteroatoms. The third kappa shape index (κ3) is 9.01. The Morgan fingerprint density at radius 1 is 1.40 bits per heavy atom. The van der Waals surface area contributed by atoms with Gasteiger partial charge >= 0.3 is 5.97 Å². The molecular formula is C13H20O2. The zero-order valence-electron chi connectivity index (χ0n) is 9.88. The summed E-state index contributed by atoms with van der Waals surface area (Å²) in [4.78, 5) is 11.2. The predicted molar refractivity (Wildman–Crippen MR) is 63.3 cm³/mol. The highest BCUT2D eigenvalue weighted by Crippen LogP contribution is 2.03. The first-order valence-corrected chi connectivity index (χ1v) is 5.27. The van der Waals surface area contributed by atoms with Crippen LogP contribution in [0.4, 0.5) is 0 Å². The number of rotatable bonds is 6. The van der Waals surface area contributed by atoms with Crippen LogP contribution in [0, 0.1) is 0 Å². The van der Waals surface area contributed by atoms with Gasteiger partial charge < -0.3 is 4.74 Å². The second-order valence-corrected chi connectivity index (χ2v) is 3.56. The second kappa shape index (κ2) is 8.04. The van der Waals surface area contributed by atoms with Crippen LogP contribution in [0.1, 0.15) is 40.0 Å². The number of ether oxygens (including phenoxy) is 1. The molecule has 84 valence electrons. The van der Waals surface area contributed by atoms with Crippen LogP contribution in [0.25, 0.3) is 0 Å². The van der Waals surface area contributed by atoms with Gasteiger partial charge in [-0.25, -0.2) is 0 Å². The van der Waals surface area contributed by atoms with E-state index < -0.39 is 0 Å². The van der Waals surface area contributed by atoms with Crippen molar-refractivity contribution >= 4 is 5.97 Å². The molecule has 0 aliphatic rings. The minimum absolute atomic E-state index is 0.158. The molecular weight excluding hydrogens is 188 g/mol. The predicted octanol–water partition coefficient (Wildman–Crippen LogP) is 3.76. The van der Waals surface area contributed by atoms with Crippen molar-refractivity contribution in [2.75, 3.05) is 0 Å². The number of carbonyl (C=O) groups excluding carboxylic acids is 1. The molecule has 0 aliphatic carbocycles. The van der Waals surface area contributed by atoms with Gasteiger partial charge in [-0.3, -0.25) is 4.79 Å². The van der Waals surface area contributed by atoms with Gasteiger partial charge in [0, 0.05) is 6.42 Å². The Kier molecular flexibility index (Phi) is 7.33. The number of allylic oxidation sites excluding steroid dienone is 5. The van der Waals surface area contributed by atoms with Crippen LogP contribution in [-0.2, 0) is 9.53 Å². The highest BCUT2D eigenvalue weighted by atomic mass is 16.5. The van der Waals surface area contributed by atoms with Crippen molar-refractivity contribution < 1.29 is 9.53 Å². The van der Waals surface area contributed by atoms with Crippen molar-refractivity contribution in [1.82, 2.24) is 0 Å². The number of esters is 1. The number of hydrogen-bond acceptors (Lipinski definition) is 2. The molecule has 0 aromatic carbocycles. The van der Waals surface area contributed by atoms with Gasteiger partial charge in [-0.1, -0.05) is 37.6 Å². The summed E-state index contributed by atoms with van der Waals surface area (Å²) in [5.41, 5.74) is 0.969. The SMILES string of the molecule is C=C(C)C=CC=C(C)OC(=O)CCCC. The van der Waals surface area contributed by atoms with E-state index in [1.165, 1.54) is 0 Å². The van der Waals surface area contributed by atoms with Crippen molar-refractivity contribution in [3.05, 3.63) is 36.1 Å². The molecule has 15 heavy (non-hydrogen) atoms. The molecule has 0 atom stereocenters. The Morgan fingerprint density at radius 2 is 2.07 bits per heavy atom. The zero-order chi connectivity index (χ0) is 11.7. The van der Waals surface area contributed by atoms with Gasteiger partial charge in [0.1, 0.15) is 5.76 Å². The molecule has 0 heterocycles. The first kappa shape index (κ1) is 13.7. The summed E-state index contributed by atoms with van der Waals surface area (Å²) in [5.74, 6) is 0.461. The molecule has 0 radical (unpaired) electrons. The van der Waals surface area contributed by atoms with Crippen molar-refractivity contribution in [2.24, 2.45) is 0 Å². The molecule has 0 bridgehead atoms. The quantitative estimate of drug-likeness (QED) is 0.377. The maximum atomic E-state index is 11.2. The van der Waals surface area contributed by atoms with E-state index in [4.69, 9.17) is 4.74 Å². The zero-order valence-corrected chi connectivity index (χ0v) is 9.88. The Bertz CT molecular complexity index is 272. The van der Waals surface area contributed by atoms with Crippen LogP contribution < -0.4 is 0 Å². The van der Waals surface area contributed by atoms with Crippen molar-refractivity contribution in [3.63, 3.8) is 0 Å². The first-order valence-electron chi connectivity index (χ1n) is 5.27. The number of carbonyl (C=O) groups is 1. The topological polar surface area (TPSA) is 26.3 Å². The smallest absolute Gasteiger partial charge is 0.310 e. The highest BCUT2D eigenvalue weighted by Gasteiger charge is 2.01. The van der Waals surface area contributed by atoms with Gasteiger partial charge in [-0.05, 0) is 26.3 Å². The van der Waals surface area contributed by atoms with E-state index in [9.17, 15) is 4.79 Å². The first-order chi connectivity index (χ1) is 7.06. The Hall–Kier alpha value is -1.31. The molecule has 0 spiro atoms. The number of unbranched alkanes of at least 4 members (excludes halogenated alkanes) is 1. The minimum Gasteiger partial charge on any atom is -0.431 e. The molecule has 0 aromatic heterocycles. The third-order valence-electron chi connectivity index (χ3n) is 1.72. The molecule has 0 N–H and O–H groups in total. The van der Waals surface area contributed by atoms with Gasteiger partial charge in [0.25, 0.3) is 0 Å². The van der Waals surface area contributed by atoms with Crippen molar-refractivity contribution in [2.45, 2.75) is 40.0 Å². The lowest BCUT2D eigenvalue weighted by molar-refractivity contribution is -0.139. The fourth-order valence-corrected chi connectivity index (χ4v) is 0.934. The largest absolute Gasteiger partial charge is 0.431 e. The summed E-state index contributed by atoms with van der Waals surface area (Å²) < 4.78 is 5.08. The number of hydrogen-bond donors (Lipinski definition) is 0. The Labute approximate surface area is 92.3 Å². The maximum Gasteiger partial charge on any atom is 0.310 e. The fourth-order valence-electron chi connectivity index (χ4n) is 0.934.